The summed E-state index contributed by atoms with van der Waals surface area (Å²) in [4.78, 5) is 26.0. The van der Waals surface area contributed by atoms with Crippen LogP contribution < -0.4 is 15.0 Å². The van der Waals surface area contributed by atoms with Gasteiger partial charge in [-0.2, -0.15) is 5.10 Å². The third-order valence-corrected chi connectivity index (χ3v) is 4.81. The lowest BCUT2D eigenvalue weighted by molar-refractivity contribution is -0.118. The van der Waals surface area contributed by atoms with Crippen LogP contribution in [0.2, 0.25) is 0 Å². The van der Waals surface area contributed by atoms with Gasteiger partial charge in [-0.25, -0.2) is 4.68 Å². The number of nitrogens with one attached hydrogen (secondary N) is 1. The SMILES string of the molecule is CCc1nn(C)c(OC)c1CNC(=O)c1ccc2c(c1)CCC(=O)N2C. The summed E-state index contributed by atoms with van der Waals surface area (Å²) in [5.74, 6) is 0.610. The minimum atomic E-state index is -0.152. The summed E-state index contributed by atoms with van der Waals surface area (Å²) in [7, 11) is 5.19. The molecular formula is C19H24N4O3. The Labute approximate surface area is 152 Å². The van der Waals surface area contributed by atoms with E-state index in [4.69, 9.17) is 4.74 Å². The Bertz CT molecular complexity index is 857. The van der Waals surface area contributed by atoms with Crippen molar-refractivity contribution < 1.29 is 14.3 Å². The van der Waals surface area contributed by atoms with E-state index in [1.54, 1.807) is 29.8 Å². The molecule has 26 heavy (non-hydrogen) atoms. The normalized spacial score (nSPS) is 13.5. The Morgan fingerprint density at radius 2 is 2.08 bits per heavy atom. The Hall–Kier alpha value is -2.83. The highest BCUT2D eigenvalue weighted by Crippen LogP contribution is 2.28. The van der Waals surface area contributed by atoms with Crippen LogP contribution in [0.25, 0.3) is 0 Å². The third kappa shape index (κ3) is 3.16. The molecule has 1 N–H and O–H groups in total. The summed E-state index contributed by atoms with van der Waals surface area (Å²) in [5.41, 5.74) is 4.30. The molecule has 3 rings (SSSR count). The van der Waals surface area contributed by atoms with Crippen molar-refractivity contribution in [3.05, 3.63) is 40.6 Å². The first-order chi connectivity index (χ1) is 12.5. The van der Waals surface area contributed by atoms with Gasteiger partial charge in [-0.05, 0) is 36.6 Å². The molecule has 2 aromatic rings. The van der Waals surface area contributed by atoms with E-state index in [1.165, 1.54) is 0 Å². The number of fused-ring (bicyclic) bond motifs is 1. The maximum absolute atomic E-state index is 12.6. The molecule has 7 nitrogen and oxygen atoms in total. The van der Waals surface area contributed by atoms with Gasteiger partial charge >= 0.3 is 0 Å². The van der Waals surface area contributed by atoms with E-state index in [9.17, 15) is 9.59 Å². The highest BCUT2D eigenvalue weighted by Gasteiger charge is 2.22. The third-order valence-electron chi connectivity index (χ3n) is 4.81. The van der Waals surface area contributed by atoms with Gasteiger partial charge in [0.25, 0.3) is 5.91 Å². The first kappa shape index (κ1) is 18.0. The summed E-state index contributed by atoms with van der Waals surface area (Å²) >= 11 is 0. The van der Waals surface area contributed by atoms with Crippen molar-refractivity contribution in [3.8, 4) is 5.88 Å². The zero-order valence-electron chi connectivity index (χ0n) is 15.6. The second kappa shape index (κ2) is 7.19. The van der Waals surface area contributed by atoms with Gasteiger partial charge in [0.15, 0.2) is 0 Å². The number of amides is 2. The molecule has 1 aliphatic rings. The molecule has 1 aromatic heterocycles. The monoisotopic (exact) mass is 356 g/mol. The van der Waals surface area contributed by atoms with Gasteiger partial charge in [-0.1, -0.05) is 6.92 Å². The van der Waals surface area contributed by atoms with E-state index in [0.717, 1.165) is 28.9 Å². The molecule has 0 radical (unpaired) electrons. The average Bonchev–Trinajstić information content (AvgIpc) is 2.97. The summed E-state index contributed by atoms with van der Waals surface area (Å²) in [6.45, 7) is 2.38. The molecule has 2 heterocycles. The molecule has 0 saturated heterocycles. The lowest BCUT2D eigenvalue weighted by Crippen LogP contribution is -2.31. The van der Waals surface area contributed by atoms with Crippen LogP contribution in [0.4, 0.5) is 5.69 Å². The zero-order valence-corrected chi connectivity index (χ0v) is 15.6. The number of benzene rings is 1. The average molecular weight is 356 g/mol. The highest BCUT2D eigenvalue weighted by molar-refractivity contribution is 5.98. The first-order valence-corrected chi connectivity index (χ1v) is 8.72. The zero-order chi connectivity index (χ0) is 18.8. The summed E-state index contributed by atoms with van der Waals surface area (Å²) in [6, 6.07) is 5.46. The van der Waals surface area contributed by atoms with Gasteiger partial charge in [0.1, 0.15) is 0 Å². The fourth-order valence-corrected chi connectivity index (χ4v) is 3.39. The predicted octanol–water partition coefficient (Wildman–Crippen LogP) is 1.83. The second-order valence-electron chi connectivity index (χ2n) is 6.39. The predicted molar refractivity (Wildman–Crippen MR) is 98.5 cm³/mol. The molecule has 1 aromatic carbocycles. The van der Waals surface area contributed by atoms with Crippen LogP contribution in [0.5, 0.6) is 5.88 Å². The number of rotatable bonds is 5. The van der Waals surface area contributed by atoms with Crippen LogP contribution in [-0.2, 0) is 31.2 Å². The maximum Gasteiger partial charge on any atom is 0.251 e. The van der Waals surface area contributed by atoms with Crippen molar-refractivity contribution >= 4 is 17.5 Å². The Kier molecular flexibility index (Phi) is 4.97. The van der Waals surface area contributed by atoms with E-state index in [2.05, 4.69) is 10.4 Å². The van der Waals surface area contributed by atoms with E-state index >= 15 is 0 Å². The van der Waals surface area contributed by atoms with E-state index in [-0.39, 0.29) is 11.8 Å². The Morgan fingerprint density at radius 3 is 2.77 bits per heavy atom. The van der Waals surface area contributed by atoms with Crippen LogP contribution in [-0.4, -0.2) is 35.8 Å². The number of carbonyl (C=O) groups is 2. The molecule has 0 fully saturated rings. The fraction of sp³-hybridized carbons (Fsp3) is 0.421. The number of methoxy groups -OCH3 is 1. The molecule has 0 unspecified atom stereocenters. The number of nitrogens with zero attached hydrogens (tertiary/aromatic N) is 3. The Morgan fingerprint density at radius 1 is 1.31 bits per heavy atom. The lowest BCUT2D eigenvalue weighted by Gasteiger charge is -2.26. The maximum atomic E-state index is 12.6. The minimum absolute atomic E-state index is 0.102. The quantitative estimate of drug-likeness (QED) is 0.887. The summed E-state index contributed by atoms with van der Waals surface area (Å²) in [6.07, 6.45) is 1.90. The molecule has 7 heteroatoms. The molecule has 0 atom stereocenters. The van der Waals surface area contributed by atoms with Crippen LogP contribution in [0, 0.1) is 0 Å². The molecule has 0 bridgehead atoms. The van der Waals surface area contributed by atoms with E-state index in [1.807, 2.05) is 26.1 Å². The van der Waals surface area contributed by atoms with Gasteiger partial charge in [-0.3, -0.25) is 9.59 Å². The number of carbonyl (C=O) groups excluding carboxylic acids is 2. The summed E-state index contributed by atoms with van der Waals surface area (Å²) < 4.78 is 7.09. The van der Waals surface area contributed by atoms with E-state index < -0.39 is 0 Å². The first-order valence-electron chi connectivity index (χ1n) is 8.72. The topological polar surface area (TPSA) is 76.5 Å². The molecule has 1 aliphatic heterocycles. The molecule has 138 valence electrons. The standard InChI is InChI=1S/C19H24N4O3/c1-5-15-14(19(26-4)23(3)21-15)11-20-18(25)13-6-8-16-12(10-13)7-9-17(24)22(16)2/h6,8,10H,5,7,9,11H2,1-4H3,(H,20,25). The van der Waals surface area contributed by atoms with Crippen molar-refractivity contribution in [3.63, 3.8) is 0 Å². The van der Waals surface area contributed by atoms with Crippen molar-refractivity contribution in [2.75, 3.05) is 19.1 Å². The number of aryl methyl sites for hydroxylation is 3. The number of ether oxygens (including phenoxy) is 1. The fourth-order valence-electron chi connectivity index (χ4n) is 3.39. The van der Waals surface area contributed by atoms with Crippen LogP contribution >= 0.6 is 0 Å². The van der Waals surface area contributed by atoms with Crippen molar-refractivity contribution in [1.82, 2.24) is 15.1 Å². The number of aromatic nitrogens is 2. The van der Waals surface area contributed by atoms with Gasteiger partial charge in [0.2, 0.25) is 11.8 Å². The highest BCUT2D eigenvalue weighted by atomic mass is 16.5. The molecule has 0 spiro atoms. The molecule has 0 aliphatic carbocycles. The van der Waals surface area contributed by atoms with Gasteiger partial charge in [0.05, 0.1) is 24.9 Å². The van der Waals surface area contributed by atoms with Crippen molar-refractivity contribution in [2.24, 2.45) is 7.05 Å². The number of hydrogen-bond donors (Lipinski definition) is 1. The number of hydrogen-bond acceptors (Lipinski definition) is 4. The van der Waals surface area contributed by atoms with Crippen molar-refractivity contribution in [1.29, 1.82) is 0 Å². The minimum Gasteiger partial charge on any atom is -0.481 e. The number of anilines is 1. The van der Waals surface area contributed by atoms with Gasteiger partial charge in [-0.15, -0.1) is 0 Å². The molecule has 0 saturated carbocycles. The largest absolute Gasteiger partial charge is 0.481 e. The van der Waals surface area contributed by atoms with Crippen LogP contribution in [0.3, 0.4) is 0 Å². The summed E-state index contributed by atoms with van der Waals surface area (Å²) in [5, 5.41) is 7.38. The van der Waals surface area contributed by atoms with E-state index in [0.29, 0.717) is 30.8 Å². The smallest absolute Gasteiger partial charge is 0.251 e. The van der Waals surface area contributed by atoms with Crippen LogP contribution in [0.15, 0.2) is 18.2 Å². The Balaban J connectivity index is 1.77. The second-order valence-corrected chi connectivity index (χ2v) is 6.39. The van der Waals surface area contributed by atoms with Gasteiger partial charge in [0, 0.05) is 31.8 Å². The van der Waals surface area contributed by atoms with Gasteiger partial charge < -0.3 is 15.0 Å². The molecular weight excluding hydrogens is 332 g/mol. The molecule has 2 amide bonds. The van der Waals surface area contributed by atoms with Crippen molar-refractivity contribution in [2.45, 2.75) is 32.7 Å². The van der Waals surface area contributed by atoms with Crippen LogP contribution in [0.1, 0.15) is 40.5 Å². The lowest BCUT2D eigenvalue weighted by atomic mass is 9.99.